The van der Waals surface area contributed by atoms with Gasteiger partial charge < -0.3 is 10.3 Å². The summed E-state index contributed by atoms with van der Waals surface area (Å²) in [4.78, 5) is 28.6. The van der Waals surface area contributed by atoms with Crippen LogP contribution in [0.2, 0.25) is 0 Å². The largest absolute Gasteiger partial charge is 0.341 e. The van der Waals surface area contributed by atoms with E-state index in [0.29, 0.717) is 5.75 Å². The summed E-state index contributed by atoms with van der Waals surface area (Å²) >= 11 is 3.18. The minimum Gasteiger partial charge on any atom is -0.341 e. The number of thiazole rings is 1. The predicted octanol–water partition coefficient (Wildman–Crippen LogP) is 3.83. The van der Waals surface area contributed by atoms with Crippen molar-refractivity contribution in [2.75, 3.05) is 24.2 Å². The molecular formula is C19H23N5OS2. The highest BCUT2D eigenvalue weighted by Gasteiger charge is 2.20. The summed E-state index contributed by atoms with van der Waals surface area (Å²) in [7, 11) is 0. The van der Waals surface area contributed by atoms with Gasteiger partial charge in [0.15, 0.2) is 5.13 Å². The van der Waals surface area contributed by atoms with Gasteiger partial charge in [-0.2, -0.15) is 0 Å². The standard InChI is InChI=1S/C19H23N5OS2/c1-3-24-9-8-15-16(10-24)27-19(22-15)23-17(25)11-26-12(2)18-20-13-6-4-5-7-14(13)21-18/h4-7,12H,3,8-11H2,1-2H3,(H,20,21)(H,22,23,25). The molecule has 0 radical (unpaired) electrons. The molecule has 2 N–H and O–H groups in total. The summed E-state index contributed by atoms with van der Waals surface area (Å²) in [5.74, 6) is 1.27. The molecule has 1 aliphatic heterocycles. The summed E-state index contributed by atoms with van der Waals surface area (Å²) < 4.78 is 0. The van der Waals surface area contributed by atoms with E-state index in [1.807, 2.05) is 24.3 Å². The van der Waals surface area contributed by atoms with Crippen LogP contribution in [0.4, 0.5) is 5.13 Å². The molecule has 8 heteroatoms. The Balaban J connectivity index is 1.32. The molecule has 0 aliphatic carbocycles. The van der Waals surface area contributed by atoms with Crippen LogP contribution in [-0.2, 0) is 17.8 Å². The van der Waals surface area contributed by atoms with Crippen molar-refractivity contribution in [1.29, 1.82) is 0 Å². The lowest BCUT2D eigenvalue weighted by molar-refractivity contribution is -0.113. The molecular weight excluding hydrogens is 378 g/mol. The Labute approximate surface area is 166 Å². The van der Waals surface area contributed by atoms with Crippen LogP contribution < -0.4 is 5.32 Å². The highest BCUT2D eigenvalue weighted by atomic mass is 32.2. The number of amides is 1. The second kappa shape index (κ2) is 8.00. The van der Waals surface area contributed by atoms with E-state index in [0.717, 1.165) is 53.7 Å². The van der Waals surface area contributed by atoms with Crippen molar-refractivity contribution in [2.24, 2.45) is 0 Å². The van der Waals surface area contributed by atoms with Gasteiger partial charge in [-0.1, -0.05) is 19.1 Å². The van der Waals surface area contributed by atoms with Crippen molar-refractivity contribution in [1.82, 2.24) is 19.9 Å². The third kappa shape index (κ3) is 4.17. The van der Waals surface area contributed by atoms with E-state index in [1.54, 1.807) is 23.1 Å². The van der Waals surface area contributed by atoms with Gasteiger partial charge in [-0.3, -0.25) is 9.69 Å². The zero-order valence-corrected chi connectivity index (χ0v) is 17.1. The fourth-order valence-electron chi connectivity index (χ4n) is 3.17. The highest BCUT2D eigenvalue weighted by molar-refractivity contribution is 8.00. The maximum absolute atomic E-state index is 12.3. The number of H-pyrrole nitrogens is 1. The Morgan fingerprint density at radius 1 is 1.41 bits per heavy atom. The minimum absolute atomic E-state index is 0.0126. The number of imidazole rings is 1. The maximum Gasteiger partial charge on any atom is 0.236 e. The SMILES string of the molecule is CCN1CCc2nc(NC(=O)CSC(C)c3nc4ccccc4[nH]3)sc2C1. The average Bonchev–Trinajstić information content (AvgIpc) is 3.28. The van der Waals surface area contributed by atoms with Crippen LogP contribution in [0.15, 0.2) is 24.3 Å². The average molecular weight is 402 g/mol. The summed E-state index contributed by atoms with van der Waals surface area (Å²) in [5.41, 5.74) is 3.13. The number of hydrogen-bond acceptors (Lipinski definition) is 6. The van der Waals surface area contributed by atoms with Crippen molar-refractivity contribution < 1.29 is 4.79 Å². The molecule has 1 amide bonds. The predicted molar refractivity (Wildman–Crippen MR) is 112 cm³/mol. The highest BCUT2D eigenvalue weighted by Crippen LogP contribution is 2.30. The van der Waals surface area contributed by atoms with Crippen LogP contribution in [0.3, 0.4) is 0 Å². The third-order valence-electron chi connectivity index (χ3n) is 4.76. The van der Waals surface area contributed by atoms with Gasteiger partial charge in [-0.25, -0.2) is 9.97 Å². The van der Waals surface area contributed by atoms with Crippen molar-refractivity contribution >= 4 is 45.2 Å². The molecule has 0 saturated carbocycles. The van der Waals surface area contributed by atoms with Crippen LogP contribution in [0.25, 0.3) is 11.0 Å². The summed E-state index contributed by atoms with van der Waals surface area (Å²) in [5, 5.41) is 3.80. The quantitative estimate of drug-likeness (QED) is 0.657. The molecule has 1 aliphatic rings. The number of aromatic amines is 1. The molecule has 3 heterocycles. The Kier molecular flexibility index (Phi) is 5.47. The van der Waals surface area contributed by atoms with Crippen molar-refractivity contribution in [2.45, 2.75) is 32.1 Å². The fourth-order valence-corrected chi connectivity index (χ4v) is 4.98. The number of hydrogen-bond donors (Lipinski definition) is 2. The van der Waals surface area contributed by atoms with E-state index >= 15 is 0 Å². The van der Waals surface area contributed by atoms with Gasteiger partial charge in [-0.15, -0.1) is 23.1 Å². The lowest BCUT2D eigenvalue weighted by Gasteiger charge is -2.23. The van der Waals surface area contributed by atoms with Crippen LogP contribution in [0, 0.1) is 0 Å². The molecule has 1 atom stereocenters. The van der Waals surface area contributed by atoms with Crippen molar-refractivity contribution in [3.05, 3.63) is 40.7 Å². The molecule has 1 aromatic carbocycles. The van der Waals surface area contributed by atoms with Crippen molar-refractivity contribution in [3.63, 3.8) is 0 Å². The smallest absolute Gasteiger partial charge is 0.236 e. The molecule has 2 aromatic heterocycles. The van der Waals surface area contributed by atoms with Gasteiger partial charge in [-0.05, 0) is 25.6 Å². The first-order chi connectivity index (χ1) is 13.1. The zero-order chi connectivity index (χ0) is 18.8. The number of fused-ring (bicyclic) bond motifs is 2. The number of nitrogens with zero attached hydrogens (tertiary/aromatic N) is 3. The first-order valence-corrected chi connectivity index (χ1v) is 11.1. The molecule has 3 aromatic rings. The van der Waals surface area contributed by atoms with Crippen LogP contribution in [-0.4, -0.2) is 44.6 Å². The number of rotatable bonds is 6. The van der Waals surface area contributed by atoms with Gasteiger partial charge >= 0.3 is 0 Å². The molecule has 0 bridgehead atoms. The molecule has 0 fully saturated rings. The number of benzene rings is 1. The fraction of sp³-hybridized carbons (Fsp3) is 0.421. The van der Waals surface area contributed by atoms with E-state index in [2.05, 4.69) is 39.0 Å². The molecule has 4 rings (SSSR count). The van der Waals surface area contributed by atoms with E-state index in [-0.39, 0.29) is 11.2 Å². The Morgan fingerprint density at radius 3 is 3.07 bits per heavy atom. The van der Waals surface area contributed by atoms with Gasteiger partial charge in [0, 0.05) is 24.4 Å². The van der Waals surface area contributed by atoms with Gasteiger partial charge in [0.05, 0.1) is 27.7 Å². The van der Waals surface area contributed by atoms with Crippen LogP contribution >= 0.6 is 23.1 Å². The number of likely N-dealkylation sites (N-methyl/N-ethyl adjacent to an activating group) is 1. The van der Waals surface area contributed by atoms with E-state index in [4.69, 9.17) is 0 Å². The van der Waals surface area contributed by atoms with Crippen LogP contribution in [0.1, 0.15) is 35.5 Å². The molecule has 142 valence electrons. The number of anilines is 1. The number of para-hydroxylation sites is 2. The van der Waals surface area contributed by atoms with Gasteiger partial charge in [0.2, 0.25) is 5.91 Å². The maximum atomic E-state index is 12.3. The number of carbonyl (C=O) groups is 1. The Morgan fingerprint density at radius 2 is 2.26 bits per heavy atom. The van der Waals surface area contributed by atoms with Gasteiger partial charge in [0.1, 0.15) is 5.82 Å². The van der Waals surface area contributed by atoms with E-state index < -0.39 is 0 Å². The molecule has 0 spiro atoms. The molecule has 0 saturated heterocycles. The van der Waals surface area contributed by atoms with E-state index in [9.17, 15) is 4.79 Å². The minimum atomic E-state index is -0.0126. The second-order valence-electron chi connectivity index (χ2n) is 6.65. The zero-order valence-electron chi connectivity index (χ0n) is 15.5. The topological polar surface area (TPSA) is 73.9 Å². The second-order valence-corrected chi connectivity index (χ2v) is 9.06. The number of nitrogens with one attached hydrogen (secondary N) is 2. The summed E-state index contributed by atoms with van der Waals surface area (Å²) in [6.07, 6.45) is 0.966. The van der Waals surface area contributed by atoms with Crippen molar-refractivity contribution in [3.8, 4) is 0 Å². The summed E-state index contributed by atoms with van der Waals surface area (Å²) in [6, 6.07) is 7.97. The number of carbonyl (C=O) groups excluding carboxylic acids is 1. The molecule has 1 unspecified atom stereocenters. The number of aromatic nitrogens is 3. The lowest BCUT2D eigenvalue weighted by atomic mass is 10.2. The monoisotopic (exact) mass is 401 g/mol. The first-order valence-electron chi connectivity index (χ1n) is 9.19. The normalized spacial score (nSPS) is 15.6. The van der Waals surface area contributed by atoms with Gasteiger partial charge in [0.25, 0.3) is 0 Å². The Bertz CT molecular complexity index is 918. The number of thioether (sulfide) groups is 1. The third-order valence-corrected chi connectivity index (χ3v) is 6.91. The Hall–Kier alpha value is -1.90. The summed E-state index contributed by atoms with van der Waals surface area (Å²) in [6.45, 7) is 7.28. The molecule has 6 nitrogen and oxygen atoms in total. The molecule has 27 heavy (non-hydrogen) atoms. The lowest BCUT2D eigenvalue weighted by Crippen LogP contribution is -2.29. The van der Waals surface area contributed by atoms with Crippen LogP contribution in [0.5, 0.6) is 0 Å². The van der Waals surface area contributed by atoms with E-state index in [1.165, 1.54) is 4.88 Å². The first kappa shape index (κ1) is 18.5.